The summed E-state index contributed by atoms with van der Waals surface area (Å²) in [7, 11) is 5.58. The molecule has 0 bridgehead atoms. The first-order chi connectivity index (χ1) is 16.0. The Labute approximate surface area is 193 Å². The number of piperidine rings is 1. The summed E-state index contributed by atoms with van der Waals surface area (Å²) in [5, 5.41) is 0. The van der Waals surface area contributed by atoms with Crippen LogP contribution in [0, 0.1) is 0 Å². The quantitative estimate of drug-likeness (QED) is 0.524. The first kappa shape index (κ1) is 24.4. The van der Waals surface area contributed by atoms with E-state index in [1.807, 2.05) is 0 Å². The minimum atomic E-state index is -0.673. The van der Waals surface area contributed by atoms with E-state index in [4.69, 9.17) is 4.74 Å². The predicted octanol–water partition coefficient (Wildman–Crippen LogP) is -1.01. The van der Waals surface area contributed by atoms with Gasteiger partial charge in [0.15, 0.2) is 5.78 Å². The maximum absolute atomic E-state index is 13.3. The zero-order valence-corrected chi connectivity index (χ0v) is 19.5. The summed E-state index contributed by atoms with van der Waals surface area (Å²) in [6.45, 7) is 1.49. The van der Waals surface area contributed by atoms with Crippen LogP contribution in [-0.4, -0.2) is 54.7 Å². The van der Waals surface area contributed by atoms with Gasteiger partial charge >= 0.3 is 17.5 Å². The van der Waals surface area contributed by atoms with E-state index in [0.717, 1.165) is 9.13 Å². The number of hydrogen-bond acceptors (Lipinski definition) is 7. The summed E-state index contributed by atoms with van der Waals surface area (Å²) < 4.78 is 9.30. The van der Waals surface area contributed by atoms with Crippen LogP contribution in [0.1, 0.15) is 18.1 Å². The molecule has 3 rings (SSSR count). The topological polar surface area (TPSA) is 135 Å². The van der Waals surface area contributed by atoms with Gasteiger partial charge in [0.25, 0.3) is 11.1 Å². The summed E-state index contributed by atoms with van der Waals surface area (Å²) in [5.41, 5.74) is -1.90. The van der Waals surface area contributed by atoms with Crippen LogP contribution in [0.5, 0.6) is 0 Å². The highest BCUT2D eigenvalue weighted by Crippen LogP contribution is 2.21. The highest BCUT2D eigenvalue weighted by atomic mass is 16.6. The Balaban J connectivity index is 2.18. The van der Waals surface area contributed by atoms with Crippen molar-refractivity contribution in [1.82, 2.24) is 23.2 Å². The lowest BCUT2D eigenvalue weighted by molar-refractivity contribution is -0.113. The molecular weight excluding hydrogens is 446 g/mol. The SMILES string of the molecule is CCOC(=O)N1C/C(=C/c2cn(C)c(=O)n(C)c2=O)C(=O)/C(=C\c2cn(C)c(=O)n(C)c2=O)C1. The van der Waals surface area contributed by atoms with E-state index in [1.54, 1.807) is 6.92 Å². The summed E-state index contributed by atoms with van der Waals surface area (Å²) in [5.74, 6) is -0.479. The lowest BCUT2D eigenvalue weighted by Gasteiger charge is -2.29. The molecule has 1 saturated heterocycles. The van der Waals surface area contributed by atoms with Crippen LogP contribution >= 0.6 is 0 Å². The average molecular weight is 471 g/mol. The van der Waals surface area contributed by atoms with Crippen molar-refractivity contribution in [2.45, 2.75) is 6.92 Å². The first-order valence-electron chi connectivity index (χ1n) is 10.4. The summed E-state index contributed by atoms with van der Waals surface area (Å²) in [6.07, 6.45) is 4.58. The molecule has 0 unspecified atom stereocenters. The molecule has 1 amide bonds. The van der Waals surface area contributed by atoms with E-state index in [1.165, 1.54) is 66.8 Å². The predicted molar refractivity (Wildman–Crippen MR) is 123 cm³/mol. The Morgan fingerprint density at radius 3 is 1.62 bits per heavy atom. The fourth-order valence-corrected chi connectivity index (χ4v) is 3.63. The Morgan fingerprint density at radius 1 is 0.824 bits per heavy atom. The van der Waals surface area contributed by atoms with Gasteiger partial charge in [-0.3, -0.25) is 28.4 Å². The number of carbonyl (C=O) groups excluding carboxylic acids is 2. The van der Waals surface area contributed by atoms with Crippen LogP contribution in [0.3, 0.4) is 0 Å². The van der Waals surface area contributed by atoms with Gasteiger partial charge in [-0.1, -0.05) is 0 Å². The number of nitrogens with zero attached hydrogens (tertiary/aromatic N) is 5. The van der Waals surface area contributed by atoms with Crippen LogP contribution in [0.25, 0.3) is 12.2 Å². The molecule has 3 heterocycles. The largest absolute Gasteiger partial charge is 0.450 e. The van der Waals surface area contributed by atoms with Crippen molar-refractivity contribution in [2.75, 3.05) is 19.7 Å². The van der Waals surface area contributed by atoms with Crippen LogP contribution in [0.2, 0.25) is 0 Å². The van der Waals surface area contributed by atoms with E-state index in [-0.39, 0.29) is 42.0 Å². The van der Waals surface area contributed by atoms with Gasteiger partial charge in [-0.15, -0.1) is 0 Å². The summed E-state index contributed by atoms with van der Waals surface area (Å²) in [6, 6.07) is 0. The Kier molecular flexibility index (Phi) is 6.70. The van der Waals surface area contributed by atoms with Gasteiger partial charge < -0.3 is 13.9 Å². The molecule has 0 aromatic carbocycles. The third-order valence-corrected chi connectivity index (χ3v) is 5.44. The molecule has 12 nitrogen and oxygen atoms in total. The molecule has 12 heteroatoms. The third-order valence-electron chi connectivity index (χ3n) is 5.44. The molecule has 0 saturated carbocycles. The number of carbonyl (C=O) groups is 2. The molecule has 0 spiro atoms. The number of ether oxygens (including phenoxy) is 1. The van der Waals surface area contributed by atoms with Gasteiger partial charge in [-0.05, 0) is 19.1 Å². The minimum Gasteiger partial charge on any atom is -0.450 e. The van der Waals surface area contributed by atoms with E-state index >= 15 is 0 Å². The van der Waals surface area contributed by atoms with E-state index in [9.17, 15) is 28.8 Å². The van der Waals surface area contributed by atoms with E-state index in [0.29, 0.717) is 0 Å². The molecule has 2 aromatic heterocycles. The van der Waals surface area contributed by atoms with Crippen molar-refractivity contribution in [2.24, 2.45) is 28.2 Å². The number of rotatable bonds is 3. The van der Waals surface area contributed by atoms with E-state index < -0.39 is 34.4 Å². The van der Waals surface area contributed by atoms with Crippen LogP contribution in [0.4, 0.5) is 4.79 Å². The fourth-order valence-electron chi connectivity index (χ4n) is 3.63. The molecule has 2 aromatic rings. The second kappa shape index (κ2) is 9.33. The van der Waals surface area contributed by atoms with Gasteiger partial charge in [0.05, 0.1) is 30.8 Å². The normalized spacial score (nSPS) is 16.4. The Morgan fingerprint density at radius 2 is 1.24 bits per heavy atom. The highest BCUT2D eigenvalue weighted by Gasteiger charge is 2.30. The Hall–Kier alpha value is -4.22. The highest BCUT2D eigenvalue weighted by molar-refractivity contribution is 6.15. The molecule has 1 aliphatic heterocycles. The second-order valence-corrected chi connectivity index (χ2v) is 7.91. The van der Waals surface area contributed by atoms with Crippen molar-refractivity contribution >= 4 is 24.0 Å². The number of aromatic nitrogens is 4. The van der Waals surface area contributed by atoms with E-state index in [2.05, 4.69) is 0 Å². The van der Waals surface area contributed by atoms with Gasteiger partial charge in [-0.25, -0.2) is 14.4 Å². The Bertz CT molecular complexity index is 1380. The number of aryl methyl sites for hydroxylation is 2. The number of hydrogen-bond donors (Lipinski definition) is 0. The molecule has 180 valence electrons. The molecule has 1 aliphatic rings. The molecule has 1 fully saturated rings. The number of amides is 1. The lowest BCUT2D eigenvalue weighted by Crippen LogP contribution is -2.42. The minimum absolute atomic E-state index is 0.0797. The number of Topliss-reactive ketones (excluding diaryl/α,β-unsaturated/α-hetero) is 1. The van der Waals surface area contributed by atoms with Crippen LogP contribution in [-0.2, 0) is 37.7 Å². The molecular formula is C22H25N5O7. The van der Waals surface area contributed by atoms with Crippen molar-refractivity contribution < 1.29 is 14.3 Å². The number of ketones is 1. The maximum atomic E-state index is 13.3. The van der Waals surface area contributed by atoms with Crippen molar-refractivity contribution in [3.05, 3.63) is 76.3 Å². The molecule has 0 atom stereocenters. The van der Waals surface area contributed by atoms with Crippen LogP contribution in [0.15, 0.2) is 42.7 Å². The second-order valence-electron chi connectivity index (χ2n) is 7.91. The van der Waals surface area contributed by atoms with Gasteiger partial charge in [0.2, 0.25) is 0 Å². The van der Waals surface area contributed by atoms with Crippen molar-refractivity contribution in [3.63, 3.8) is 0 Å². The lowest BCUT2D eigenvalue weighted by atomic mass is 9.95. The molecule has 0 radical (unpaired) electrons. The van der Waals surface area contributed by atoms with Gasteiger partial charge in [0, 0.05) is 51.7 Å². The van der Waals surface area contributed by atoms with Crippen molar-refractivity contribution in [1.29, 1.82) is 0 Å². The summed E-state index contributed by atoms with van der Waals surface area (Å²) in [4.78, 5) is 76.1. The maximum Gasteiger partial charge on any atom is 0.410 e. The van der Waals surface area contributed by atoms with Gasteiger partial charge in [0.1, 0.15) is 0 Å². The monoisotopic (exact) mass is 471 g/mol. The zero-order valence-electron chi connectivity index (χ0n) is 19.5. The third kappa shape index (κ3) is 4.47. The molecule has 0 N–H and O–H groups in total. The fraction of sp³-hybridized carbons (Fsp3) is 0.364. The molecule has 34 heavy (non-hydrogen) atoms. The number of likely N-dealkylation sites (tertiary alicyclic amines) is 1. The average Bonchev–Trinajstić information content (AvgIpc) is 2.80. The van der Waals surface area contributed by atoms with Crippen LogP contribution < -0.4 is 22.5 Å². The summed E-state index contributed by atoms with van der Waals surface area (Å²) >= 11 is 0. The van der Waals surface area contributed by atoms with Crippen molar-refractivity contribution in [3.8, 4) is 0 Å². The smallest absolute Gasteiger partial charge is 0.410 e. The molecule has 0 aliphatic carbocycles. The zero-order chi connectivity index (χ0) is 25.3. The standard InChI is InChI=1S/C22H25N5O7/c1-6-34-22(33)27-11-13(7-15-9-23(2)20(31)25(4)18(15)29)17(28)14(12-27)8-16-10-24(3)21(32)26(5)19(16)30/h7-10H,6,11-12H2,1-5H3/b13-7-,14-8-. The first-order valence-corrected chi connectivity index (χ1v) is 10.4. The van der Waals surface area contributed by atoms with Gasteiger partial charge in [-0.2, -0.15) is 0 Å².